The monoisotopic (exact) mass is 258 g/mol. The van der Waals surface area contributed by atoms with Crippen molar-refractivity contribution in [1.29, 1.82) is 0 Å². The van der Waals surface area contributed by atoms with Crippen LogP contribution < -0.4 is 10.2 Å². The van der Waals surface area contributed by atoms with E-state index in [-0.39, 0.29) is 5.91 Å². The van der Waals surface area contributed by atoms with Gasteiger partial charge >= 0.3 is 0 Å². The van der Waals surface area contributed by atoms with Gasteiger partial charge in [0.2, 0.25) is 5.91 Å². The number of hydrogen-bond donors (Lipinski definition) is 1. The smallest absolute Gasteiger partial charge is 0.227 e. The van der Waals surface area contributed by atoms with Crippen LogP contribution >= 0.6 is 0 Å². The van der Waals surface area contributed by atoms with E-state index in [0.717, 1.165) is 24.6 Å². The maximum absolute atomic E-state index is 11.7. The molecule has 1 N–H and O–H groups in total. The van der Waals surface area contributed by atoms with Gasteiger partial charge in [-0.2, -0.15) is 0 Å². The SMILES string of the molecule is CCNC(c1ccc2c(c1)CCC(=O)N2C)C1CC1. The molecular formula is C16H22N2O. The Labute approximate surface area is 115 Å². The van der Waals surface area contributed by atoms with Gasteiger partial charge in [-0.25, -0.2) is 0 Å². The highest BCUT2D eigenvalue weighted by Crippen LogP contribution is 2.42. The molecule has 0 radical (unpaired) electrons. The van der Waals surface area contributed by atoms with Crippen molar-refractivity contribution in [3.63, 3.8) is 0 Å². The lowest BCUT2D eigenvalue weighted by atomic mass is 9.94. The topological polar surface area (TPSA) is 32.3 Å². The predicted molar refractivity (Wildman–Crippen MR) is 77.3 cm³/mol. The van der Waals surface area contributed by atoms with Crippen LogP contribution in [0.25, 0.3) is 0 Å². The Kier molecular flexibility index (Phi) is 3.31. The third kappa shape index (κ3) is 2.39. The summed E-state index contributed by atoms with van der Waals surface area (Å²) in [7, 11) is 1.88. The molecule has 3 nitrogen and oxygen atoms in total. The third-order valence-electron chi connectivity index (χ3n) is 4.32. The van der Waals surface area contributed by atoms with E-state index in [4.69, 9.17) is 0 Å². The van der Waals surface area contributed by atoms with Gasteiger partial charge in [-0.15, -0.1) is 0 Å². The molecule has 19 heavy (non-hydrogen) atoms. The van der Waals surface area contributed by atoms with Gasteiger partial charge in [-0.05, 0) is 48.9 Å². The summed E-state index contributed by atoms with van der Waals surface area (Å²) in [6.07, 6.45) is 4.21. The minimum atomic E-state index is 0.227. The van der Waals surface area contributed by atoms with Crippen molar-refractivity contribution in [3.8, 4) is 0 Å². The van der Waals surface area contributed by atoms with Crippen LogP contribution in [0.2, 0.25) is 0 Å². The zero-order valence-electron chi connectivity index (χ0n) is 11.8. The molecule has 1 atom stereocenters. The molecule has 1 fully saturated rings. The maximum Gasteiger partial charge on any atom is 0.227 e. The number of carbonyl (C=O) groups is 1. The van der Waals surface area contributed by atoms with Gasteiger partial charge < -0.3 is 10.2 Å². The summed E-state index contributed by atoms with van der Waals surface area (Å²) in [6.45, 7) is 3.18. The van der Waals surface area contributed by atoms with Gasteiger partial charge in [-0.3, -0.25) is 4.79 Å². The quantitative estimate of drug-likeness (QED) is 0.900. The van der Waals surface area contributed by atoms with Gasteiger partial charge in [-0.1, -0.05) is 19.1 Å². The van der Waals surface area contributed by atoms with Gasteiger partial charge in [0.25, 0.3) is 0 Å². The van der Waals surface area contributed by atoms with Crippen molar-refractivity contribution in [2.75, 3.05) is 18.5 Å². The highest BCUT2D eigenvalue weighted by molar-refractivity contribution is 5.95. The van der Waals surface area contributed by atoms with Crippen molar-refractivity contribution in [2.24, 2.45) is 5.92 Å². The van der Waals surface area contributed by atoms with Crippen LogP contribution in [0.4, 0.5) is 5.69 Å². The van der Waals surface area contributed by atoms with E-state index in [9.17, 15) is 4.79 Å². The van der Waals surface area contributed by atoms with Crippen molar-refractivity contribution in [3.05, 3.63) is 29.3 Å². The second kappa shape index (κ2) is 4.97. The molecule has 0 bridgehead atoms. The van der Waals surface area contributed by atoms with Gasteiger partial charge in [0.05, 0.1) is 0 Å². The molecule has 0 saturated heterocycles. The molecule has 1 unspecified atom stereocenters. The minimum absolute atomic E-state index is 0.227. The van der Waals surface area contributed by atoms with Gasteiger partial charge in [0, 0.05) is 25.2 Å². The van der Waals surface area contributed by atoms with Gasteiger partial charge in [0.1, 0.15) is 0 Å². The fraction of sp³-hybridized carbons (Fsp3) is 0.562. The van der Waals surface area contributed by atoms with Crippen LogP contribution in [0.15, 0.2) is 18.2 Å². The second-order valence-electron chi connectivity index (χ2n) is 5.71. The van der Waals surface area contributed by atoms with Crippen LogP contribution in [0.5, 0.6) is 0 Å². The summed E-state index contributed by atoms with van der Waals surface area (Å²) in [6, 6.07) is 7.12. The summed E-state index contributed by atoms with van der Waals surface area (Å²) >= 11 is 0. The minimum Gasteiger partial charge on any atom is -0.315 e. The van der Waals surface area contributed by atoms with Crippen LogP contribution in [-0.2, 0) is 11.2 Å². The Balaban J connectivity index is 1.90. The third-order valence-corrected chi connectivity index (χ3v) is 4.32. The molecule has 1 aromatic carbocycles. The summed E-state index contributed by atoms with van der Waals surface area (Å²) in [5, 5.41) is 3.61. The number of rotatable bonds is 4. The molecule has 1 aliphatic heterocycles. The first-order chi connectivity index (χ1) is 9.20. The predicted octanol–water partition coefficient (Wildman–Crippen LogP) is 2.66. The lowest BCUT2D eigenvalue weighted by Gasteiger charge is -2.27. The second-order valence-corrected chi connectivity index (χ2v) is 5.71. The fourth-order valence-corrected chi connectivity index (χ4v) is 3.08. The Morgan fingerprint density at radius 3 is 2.84 bits per heavy atom. The Morgan fingerprint density at radius 2 is 2.16 bits per heavy atom. The Bertz CT molecular complexity index is 494. The lowest BCUT2D eigenvalue weighted by molar-refractivity contribution is -0.118. The molecule has 1 aliphatic carbocycles. The van der Waals surface area contributed by atoms with E-state index in [0.29, 0.717) is 12.5 Å². The van der Waals surface area contributed by atoms with E-state index < -0.39 is 0 Å². The van der Waals surface area contributed by atoms with Crippen molar-refractivity contribution in [2.45, 2.75) is 38.6 Å². The Hall–Kier alpha value is -1.35. The molecule has 3 heteroatoms. The number of benzene rings is 1. The zero-order chi connectivity index (χ0) is 13.4. The molecule has 2 aliphatic rings. The van der Waals surface area contributed by atoms with Gasteiger partial charge in [0.15, 0.2) is 0 Å². The van der Waals surface area contributed by atoms with E-state index in [1.54, 1.807) is 4.90 Å². The van der Waals surface area contributed by atoms with Crippen molar-refractivity contribution in [1.82, 2.24) is 5.32 Å². The largest absolute Gasteiger partial charge is 0.315 e. The molecule has 1 heterocycles. The first kappa shape index (κ1) is 12.7. The van der Waals surface area contributed by atoms with E-state index >= 15 is 0 Å². The number of hydrogen-bond acceptors (Lipinski definition) is 2. The number of fused-ring (bicyclic) bond motifs is 1. The molecule has 102 valence electrons. The van der Waals surface area contributed by atoms with Crippen LogP contribution in [0.3, 0.4) is 0 Å². The normalized spacial score (nSPS) is 20.3. The molecule has 3 rings (SSSR count). The number of aryl methyl sites for hydroxylation is 1. The van der Waals surface area contributed by atoms with E-state index in [1.807, 2.05) is 7.05 Å². The molecule has 0 spiro atoms. The average Bonchev–Trinajstić information content (AvgIpc) is 3.24. The summed E-state index contributed by atoms with van der Waals surface area (Å²) in [5.41, 5.74) is 3.81. The number of amides is 1. The summed E-state index contributed by atoms with van der Waals surface area (Å²) < 4.78 is 0. The first-order valence-corrected chi connectivity index (χ1v) is 7.33. The van der Waals surface area contributed by atoms with Crippen molar-refractivity contribution < 1.29 is 4.79 Å². The average molecular weight is 258 g/mol. The number of nitrogens with one attached hydrogen (secondary N) is 1. The van der Waals surface area contributed by atoms with E-state index in [1.165, 1.54) is 24.0 Å². The molecule has 1 amide bonds. The zero-order valence-corrected chi connectivity index (χ0v) is 11.8. The van der Waals surface area contributed by atoms with Crippen LogP contribution in [0, 0.1) is 5.92 Å². The fourth-order valence-electron chi connectivity index (χ4n) is 3.08. The van der Waals surface area contributed by atoms with Crippen molar-refractivity contribution >= 4 is 11.6 Å². The van der Waals surface area contributed by atoms with Crippen LogP contribution in [0.1, 0.15) is 43.4 Å². The number of anilines is 1. The maximum atomic E-state index is 11.7. The van der Waals surface area contributed by atoms with Crippen LogP contribution in [-0.4, -0.2) is 19.5 Å². The highest BCUT2D eigenvalue weighted by Gasteiger charge is 2.32. The molecular weight excluding hydrogens is 236 g/mol. The first-order valence-electron chi connectivity index (χ1n) is 7.33. The van der Waals surface area contributed by atoms with E-state index in [2.05, 4.69) is 30.4 Å². The molecule has 1 aromatic rings. The summed E-state index contributed by atoms with van der Waals surface area (Å²) in [4.78, 5) is 13.5. The molecule has 0 aromatic heterocycles. The highest BCUT2D eigenvalue weighted by atomic mass is 16.2. The molecule has 1 saturated carbocycles. The standard InChI is InChI=1S/C16H22N2O/c1-3-17-16(11-4-5-11)13-6-8-14-12(10-13)7-9-15(19)18(14)2/h6,8,10-11,16-17H,3-5,7,9H2,1-2H3. The number of nitrogens with zero attached hydrogens (tertiary/aromatic N) is 1. The summed E-state index contributed by atoms with van der Waals surface area (Å²) in [5.74, 6) is 1.03. The number of carbonyl (C=O) groups excluding carboxylic acids is 1. The lowest BCUT2D eigenvalue weighted by Crippen LogP contribution is -2.31. The Morgan fingerprint density at radius 1 is 1.37 bits per heavy atom.